The van der Waals surface area contributed by atoms with E-state index < -0.39 is 0 Å². The van der Waals surface area contributed by atoms with Gasteiger partial charge >= 0.3 is 0 Å². The van der Waals surface area contributed by atoms with Gasteiger partial charge in [-0.1, -0.05) is 72.8 Å². The number of anilines is 1. The summed E-state index contributed by atoms with van der Waals surface area (Å²) >= 11 is 1.38. The topological polar surface area (TPSA) is 52.9 Å². The molecule has 0 aromatic heterocycles. The third kappa shape index (κ3) is 4.47. The number of aliphatic hydroxyl groups excluding tert-OH is 1. The predicted octanol–water partition coefficient (Wildman–Crippen LogP) is 4.86. The zero-order valence-corrected chi connectivity index (χ0v) is 16.5. The number of aliphatic imine (C=N–C) groups is 1. The molecule has 1 aliphatic heterocycles. The van der Waals surface area contributed by atoms with Crippen LogP contribution >= 0.6 is 11.8 Å². The van der Waals surface area contributed by atoms with Crippen LogP contribution in [0.25, 0.3) is 6.08 Å². The Bertz CT molecular complexity index is 1050. The highest BCUT2D eigenvalue weighted by Crippen LogP contribution is 2.36. The Kier molecular flexibility index (Phi) is 5.89. The minimum Gasteiger partial charge on any atom is -0.392 e. The van der Waals surface area contributed by atoms with Gasteiger partial charge in [-0.3, -0.25) is 14.7 Å². The lowest BCUT2D eigenvalue weighted by Crippen LogP contribution is -2.28. The van der Waals surface area contributed by atoms with Crippen molar-refractivity contribution in [1.29, 1.82) is 0 Å². The minimum atomic E-state index is -0.0840. The SMILES string of the molecule is O=C1/C(=C/c2ccc(CO)cc2)S/C(=N\Cc2ccccc2)N1c1ccccc1. The van der Waals surface area contributed by atoms with Crippen molar-refractivity contribution in [2.75, 3.05) is 4.90 Å². The minimum absolute atomic E-state index is 0.00259. The molecule has 3 aromatic carbocycles. The van der Waals surface area contributed by atoms with Gasteiger partial charge in [0, 0.05) is 0 Å². The summed E-state index contributed by atoms with van der Waals surface area (Å²) in [6, 6.07) is 27.1. The predicted molar refractivity (Wildman–Crippen MR) is 119 cm³/mol. The van der Waals surface area contributed by atoms with E-state index in [1.54, 1.807) is 4.90 Å². The molecule has 4 rings (SSSR count). The first kappa shape index (κ1) is 19.2. The van der Waals surface area contributed by atoms with E-state index in [1.165, 1.54) is 11.8 Å². The molecule has 0 spiro atoms. The number of hydrogen-bond donors (Lipinski definition) is 1. The quantitative estimate of drug-likeness (QED) is 0.623. The maximum absolute atomic E-state index is 13.2. The average Bonchev–Trinajstić information content (AvgIpc) is 3.09. The molecule has 1 N–H and O–H groups in total. The second kappa shape index (κ2) is 8.90. The average molecular weight is 401 g/mol. The van der Waals surface area contributed by atoms with Crippen LogP contribution in [0.4, 0.5) is 5.69 Å². The Morgan fingerprint density at radius 2 is 1.52 bits per heavy atom. The fraction of sp³-hybridized carbons (Fsp3) is 0.0833. The summed E-state index contributed by atoms with van der Waals surface area (Å²) in [5, 5.41) is 9.88. The van der Waals surface area contributed by atoms with E-state index in [2.05, 4.69) is 0 Å². The molecule has 1 heterocycles. The van der Waals surface area contributed by atoms with Gasteiger partial charge in [-0.2, -0.15) is 0 Å². The maximum Gasteiger partial charge on any atom is 0.271 e. The van der Waals surface area contributed by atoms with Crippen LogP contribution in [-0.2, 0) is 17.9 Å². The van der Waals surface area contributed by atoms with Crippen molar-refractivity contribution in [3.63, 3.8) is 0 Å². The van der Waals surface area contributed by atoms with Crippen LogP contribution < -0.4 is 4.90 Å². The number of benzene rings is 3. The van der Waals surface area contributed by atoms with E-state index in [0.717, 1.165) is 22.4 Å². The molecule has 0 unspecified atom stereocenters. The lowest BCUT2D eigenvalue weighted by molar-refractivity contribution is -0.113. The van der Waals surface area contributed by atoms with Gasteiger partial charge in [-0.05, 0) is 46.7 Å². The number of amides is 1. The molecule has 0 radical (unpaired) electrons. The van der Waals surface area contributed by atoms with E-state index in [-0.39, 0.29) is 12.5 Å². The van der Waals surface area contributed by atoms with E-state index in [1.807, 2.05) is 91.0 Å². The summed E-state index contributed by atoms with van der Waals surface area (Å²) in [5.41, 5.74) is 3.65. The molecule has 29 heavy (non-hydrogen) atoms. The number of hydrogen-bond acceptors (Lipinski definition) is 4. The molecule has 3 aromatic rings. The molecular weight excluding hydrogens is 380 g/mol. The Hall–Kier alpha value is -3.15. The van der Waals surface area contributed by atoms with Gasteiger partial charge in [-0.25, -0.2) is 0 Å². The van der Waals surface area contributed by atoms with Crippen LogP contribution in [0, 0.1) is 0 Å². The van der Waals surface area contributed by atoms with Crippen molar-refractivity contribution in [3.8, 4) is 0 Å². The smallest absolute Gasteiger partial charge is 0.271 e. The molecule has 1 amide bonds. The Labute approximate surface area is 174 Å². The molecule has 0 atom stereocenters. The van der Waals surface area contributed by atoms with Gasteiger partial charge in [0.15, 0.2) is 5.17 Å². The number of carbonyl (C=O) groups is 1. The Morgan fingerprint density at radius 1 is 0.862 bits per heavy atom. The molecule has 4 nitrogen and oxygen atoms in total. The first-order valence-electron chi connectivity index (χ1n) is 9.32. The number of thioether (sulfide) groups is 1. The highest BCUT2D eigenvalue weighted by atomic mass is 32.2. The number of amidine groups is 1. The first-order chi connectivity index (χ1) is 14.2. The van der Waals surface area contributed by atoms with Crippen molar-refractivity contribution in [2.24, 2.45) is 4.99 Å². The summed E-state index contributed by atoms with van der Waals surface area (Å²) in [5.74, 6) is -0.0840. The zero-order valence-electron chi connectivity index (χ0n) is 15.7. The molecule has 1 fully saturated rings. The van der Waals surface area contributed by atoms with Crippen molar-refractivity contribution < 1.29 is 9.90 Å². The van der Waals surface area contributed by atoms with Crippen molar-refractivity contribution in [1.82, 2.24) is 0 Å². The highest BCUT2D eigenvalue weighted by Gasteiger charge is 2.34. The van der Waals surface area contributed by atoms with Gasteiger partial charge in [0.05, 0.1) is 23.7 Å². The van der Waals surface area contributed by atoms with Gasteiger partial charge in [0.25, 0.3) is 5.91 Å². The summed E-state index contributed by atoms with van der Waals surface area (Å²) in [4.78, 5) is 20.2. The third-order valence-corrected chi connectivity index (χ3v) is 5.53. The van der Waals surface area contributed by atoms with Crippen molar-refractivity contribution in [3.05, 3.63) is 107 Å². The number of aliphatic hydroxyl groups is 1. The monoisotopic (exact) mass is 400 g/mol. The summed E-state index contributed by atoms with van der Waals surface area (Å²) in [6.07, 6.45) is 1.87. The van der Waals surface area contributed by atoms with E-state index in [4.69, 9.17) is 4.99 Å². The third-order valence-electron chi connectivity index (χ3n) is 4.52. The molecule has 0 saturated carbocycles. The first-order valence-corrected chi connectivity index (χ1v) is 10.1. The molecule has 1 aliphatic rings. The molecule has 5 heteroatoms. The molecule has 1 saturated heterocycles. The lowest BCUT2D eigenvalue weighted by atomic mass is 10.1. The lowest BCUT2D eigenvalue weighted by Gasteiger charge is -2.15. The summed E-state index contributed by atoms with van der Waals surface area (Å²) < 4.78 is 0. The second-order valence-electron chi connectivity index (χ2n) is 6.57. The fourth-order valence-corrected chi connectivity index (χ4v) is 3.98. The Morgan fingerprint density at radius 3 is 2.17 bits per heavy atom. The van der Waals surface area contributed by atoms with Crippen LogP contribution in [0.15, 0.2) is 94.8 Å². The van der Waals surface area contributed by atoms with Crippen LogP contribution in [0.2, 0.25) is 0 Å². The molecule has 0 aliphatic carbocycles. The largest absolute Gasteiger partial charge is 0.392 e. The molecule has 144 valence electrons. The maximum atomic E-state index is 13.2. The number of carbonyl (C=O) groups excluding carboxylic acids is 1. The van der Waals surface area contributed by atoms with E-state index >= 15 is 0 Å². The van der Waals surface area contributed by atoms with Gasteiger partial charge in [-0.15, -0.1) is 0 Å². The van der Waals surface area contributed by atoms with Crippen molar-refractivity contribution >= 4 is 34.6 Å². The Balaban J connectivity index is 1.66. The number of nitrogens with zero attached hydrogens (tertiary/aromatic N) is 2. The number of para-hydroxylation sites is 1. The highest BCUT2D eigenvalue weighted by molar-refractivity contribution is 8.19. The van der Waals surface area contributed by atoms with E-state index in [9.17, 15) is 9.90 Å². The van der Waals surface area contributed by atoms with Gasteiger partial charge in [0.2, 0.25) is 0 Å². The van der Waals surface area contributed by atoms with Crippen LogP contribution in [0.5, 0.6) is 0 Å². The molecular formula is C24H20N2O2S. The van der Waals surface area contributed by atoms with Crippen LogP contribution in [0.3, 0.4) is 0 Å². The fourth-order valence-electron chi connectivity index (χ4n) is 3.00. The molecule has 0 bridgehead atoms. The summed E-state index contributed by atoms with van der Waals surface area (Å²) in [7, 11) is 0. The van der Waals surface area contributed by atoms with Crippen LogP contribution in [-0.4, -0.2) is 16.2 Å². The summed E-state index contributed by atoms with van der Waals surface area (Å²) in [6.45, 7) is 0.515. The van der Waals surface area contributed by atoms with Gasteiger partial charge < -0.3 is 5.11 Å². The van der Waals surface area contributed by atoms with E-state index in [0.29, 0.717) is 16.6 Å². The normalized spacial score (nSPS) is 16.7. The van der Waals surface area contributed by atoms with Crippen LogP contribution in [0.1, 0.15) is 16.7 Å². The standard InChI is InChI=1S/C24H20N2O2S/c27-17-20-13-11-18(12-14-20)15-22-23(28)26(21-9-5-2-6-10-21)24(29-22)25-16-19-7-3-1-4-8-19/h1-15,27H,16-17H2/b22-15-,25-24-. The second-order valence-corrected chi connectivity index (χ2v) is 7.58. The zero-order chi connectivity index (χ0) is 20.1. The van der Waals surface area contributed by atoms with Gasteiger partial charge in [0.1, 0.15) is 0 Å². The van der Waals surface area contributed by atoms with Crippen molar-refractivity contribution in [2.45, 2.75) is 13.2 Å². The number of rotatable bonds is 5.